The monoisotopic (exact) mass is 389 g/mol. The summed E-state index contributed by atoms with van der Waals surface area (Å²) in [5.41, 5.74) is 2.95. The van der Waals surface area contributed by atoms with Crippen LogP contribution in [0, 0.1) is 0 Å². The van der Waals surface area contributed by atoms with Gasteiger partial charge < -0.3 is 10.0 Å². The fourth-order valence-electron chi connectivity index (χ4n) is 2.87. The topological polar surface area (TPSA) is 84.1 Å². The van der Waals surface area contributed by atoms with Crippen LogP contribution in [0.1, 0.15) is 22.8 Å². The van der Waals surface area contributed by atoms with E-state index in [0.29, 0.717) is 5.95 Å². The first-order valence-electron chi connectivity index (χ1n) is 9.12. The smallest absolute Gasteiger partial charge is 0.338 e. The number of hydrogen-bond donors (Lipinski definition) is 1. The average molecular weight is 389 g/mol. The predicted molar refractivity (Wildman–Crippen MR) is 115 cm³/mol. The van der Waals surface area contributed by atoms with Crippen molar-refractivity contribution >= 4 is 22.7 Å². The van der Waals surface area contributed by atoms with Gasteiger partial charge in [-0.15, -0.1) is 0 Å². The van der Waals surface area contributed by atoms with Crippen LogP contribution in [-0.4, -0.2) is 44.9 Å². The molecule has 0 aliphatic rings. The van der Waals surface area contributed by atoms with Gasteiger partial charge in [0.15, 0.2) is 0 Å². The first-order valence-corrected chi connectivity index (χ1v) is 9.12. The van der Waals surface area contributed by atoms with Crippen LogP contribution in [0.3, 0.4) is 0 Å². The number of carbonyl (C=O) groups is 1. The largest absolute Gasteiger partial charge is 0.478 e. The van der Waals surface area contributed by atoms with Crippen LogP contribution < -0.4 is 4.90 Å². The second kappa shape index (κ2) is 8.52. The molecule has 0 spiro atoms. The van der Waals surface area contributed by atoms with Gasteiger partial charge in [-0.25, -0.2) is 14.5 Å². The molecule has 3 rings (SSSR count). The van der Waals surface area contributed by atoms with E-state index in [2.05, 4.69) is 27.7 Å². The number of carboxylic acids is 1. The molecule has 0 saturated carbocycles. The number of allylic oxidation sites excluding steroid dienone is 5. The van der Waals surface area contributed by atoms with Crippen molar-refractivity contribution < 1.29 is 9.90 Å². The third-order valence-electron chi connectivity index (χ3n) is 4.25. The molecule has 0 radical (unpaired) electrons. The number of anilines is 1. The molecule has 0 fully saturated rings. The molecular weight excluding hydrogens is 366 g/mol. The summed E-state index contributed by atoms with van der Waals surface area (Å²) in [5.74, 6) is 0.00709. The van der Waals surface area contributed by atoms with E-state index in [-0.39, 0.29) is 5.56 Å². The SMILES string of the molecule is C=C(/C=C\C=C/C)Cc1ccc2nc(-n3cc(C(=O)O)cn3)nc(N(C)C)c2c1. The summed E-state index contributed by atoms with van der Waals surface area (Å²) in [4.78, 5) is 22.2. The Kier molecular flexibility index (Phi) is 5.87. The Morgan fingerprint density at radius 2 is 2.07 bits per heavy atom. The van der Waals surface area contributed by atoms with Gasteiger partial charge in [-0.3, -0.25) is 0 Å². The lowest BCUT2D eigenvalue weighted by Crippen LogP contribution is -2.14. The Balaban J connectivity index is 2.00. The van der Waals surface area contributed by atoms with Crippen LogP contribution in [0.25, 0.3) is 16.9 Å². The molecule has 0 atom stereocenters. The lowest BCUT2D eigenvalue weighted by atomic mass is 10.0. The van der Waals surface area contributed by atoms with Crippen molar-refractivity contribution in [2.24, 2.45) is 0 Å². The first-order chi connectivity index (χ1) is 13.9. The molecule has 0 aliphatic carbocycles. The molecule has 0 bridgehead atoms. The van der Waals surface area contributed by atoms with Crippen LogP contribution in [0.5, 0.6) is 0 Å². The maximum absolute atomic E-state index is 11.1. The zero-order chi connectivity index (χ0) is 21.0. The third-order valence-corrected chi connectivity index (χ3v) is 4.25. The van der Waals surface area contributed by atoms with Crippen LogP contribution in [0.4, 0.5) is 5.82 Å². The Hall–Kier alpha value is -3.74. The van der Waals surface area contributed by atoms with Crippen molar-refractivity contribution in [2.75, 3.05) is 19.0 Å². The van der Waals surface area contributed by atoms with Crippen LogP contribution in [0.2, 0.25) is 0 Å². The quantitative estimate of drug-likeness (QED) is 0.619. The number of nitrogens with zero attached hydrogens (tertiary/aromatic N) is 5. The van der Waals surface area contributed by atoms with Crippen molar-refractivity contribution in [3.63, 3.8) is 0 Å². The molecule has 0 saturated heterocycles. The van der Waals surface area contributed by atoms with E-state index in [1.54, 1.807) is 0 Å². The molecule has 0 unspecified atom stereocenters. The molecule has 148 valence electrons. The Morgan fingerprint density at radius 3 is 2.72 bits per heavy atom. The predicted octanol–water partition coefficient (Wildman–Crippen LogP) is 3.81. The first kappa shape index (κ1) is 20.0. The van der Waals surface area contributed by atoms with Crippen molar-refractivity contribution in [1.29, 1.82) is 0 Å². The molecule has 29 heavy (non-hydrogen) atoms. The minimum absolute atomic E-state index is 0.0833. The molecule has 0 amide bonds. The zero-order valence-electron chi connectivity index (χ0n) is 16.7. The second-order valence-corrected chi connectivity index (χ2v) is 6.79. The summed E-state index contributed by atoms with van der Waals surface area (Å²) in [5, 5.41) is 14.1. The summed E-state index contributed by atoms with van der Waals surface area (Å²) in [6.45, 7) is 6.08. The highest BCUT2D eigenvalue weighted by atomic mass is 16.4. The van der Waals surface area contributed by atoms with Gasteiger partial charge in [0.05, 0.1) is 17.3 Å². The molecule has 0 aliphatic heterocycles. The fourth-order valence-corrected chi connectivity index (χ4v) is 2.87. The lowest BCUT2D eigenvalue weighted by molar-refractivity contribution is 0.0697. The van der Waals surface area contributed by atoms with Gasteiger partial charge in [0.25, 0.3) is 5.95 Å². The van der Waals surface area contributed by atoms with Gasteiger partial charge in [-0.2, -0.15) is 10.1 Å². The van der Waals surface area contributed by atoms with Gasteiger partial charge in [0, 0.05) is 25.7 Å². The van der Waals surface area contributed by atoms with E-state index in [9.17, 15) is 4.79 Å². The van der Waals surface area contributed by atoms with E-state index in [1.165, 1.54) is 17.1 Å². The summed E-state index contributed by atoms with van der Waals surface area (Å²) in [6.07, 6.45) is 11.3. The number of rotatable bonds is 7. The minimum atomic E-state index is -1.04. The highest BCUT2D eigenvalue weighted by Gasteiger charge is 2.14. The van der Waals surface area contributed by atoms with Gasteiger partial charge >= 0.3 is 5.97 Å². The third kappa shape index (κ3) is 4.57. The molecule has 2 heterocycles. The average Bonchev–Trinajstić information content (AvgIpc) is 3.18. The summed E-state index contributed by atoms with van der Waals surface area (Å²) in [6, 6.07) is 6.02. The number of hydrogen-bond acceptors (Lipinski definition) is 5. The van der Waals surface area contributed by atoms with Crippen LogP contribution >= 0.6 is 0 Å². The van der Waals surface area contributed by atoms with Crippen molar-refractivity contribution in [1.82, 2.24) is 19.7 Å². The summed E-state index contributed by atoms with van der Waals surface area (Å²) < 4.78 is 1.37. The van der Waals surface area contributed by atoms with E-state index < -0.39 is 5.97 Å². The van der Waals surface area contributed by atoms with Crippen molar-refractivity contribution in [3.05, 3.63) is 78.2 Å². The molecular formula is C22H23N5O2. The Bertz CT molecular complexity index is 1130. The molecule has 2 aromatic heterocycles. The van der Waals surface area contributed by atoms with Crippen molar-refractivity contribution in [2.45, 2.75) is 13.3 Å². The van der Waals surface area contributed by atoms with E-state index >= 15 is 0 Å². The molecule has 7 nitrogen and oxygen atoms in total. The van der Waals surface area contributed by atoms with E-state index in [1.807, 2.05) is 62.4 Å². The van der Waals surface area contributed by atoms with Crippen LogP contribution in [0.15, 0.2) is 67.0 Å². The lowest BCUT2D eigenvalue weighted by Gasteiger charge is -2.16. The number of benzene rings is 1. The highest BCUT2D eigenvalue weighted by molar-refractivity contribution is 5.90. The van der Waals surface area contributed by atoms with Gasteiger partial charge in [0.1, 0.15) is 5.82 Å². The normalized spacial score (nSPS) is 11.6. The molecule has 7 heteroatoms. The number of aromatic carboxylic acids is 1. The summed E-state index contributed by atoms with van der Waals surface area (Å²) >= 11 is 0. The molecule has 1 aromatic carbocycles. The molecule has 1 N–H and O–H groups in total. The van der Waals surface area contributed by atoms with E-state index in [4.69, 9.17) is 5.11 Å². The zero-order valence-corrected chi connectivity index (χ0v) is 16.7. The highest BCUT2D eigenvalue weighted by Crippen LogP contribution is 2.26. The number of fused-ring (bicyclic) bond motifs is 1. The second-order valence-electron chi connectivity index (χ2n) is 6.79. The Morgan fingerprint density at radius 1 is 1.28 bits per heavy atom. The number of aromatic nitrogens is 4. The van der Waals surface area contributed by atoms with Crippen molar-refractivity contribution in [3.8, 4) is 5.95 Å². The fraction of sp³-hybridized carbons (Fsp3) is 0.182. The standard InChI is InChI=1S/C22H23N5O2/c1-5-6-7-8-15(2)11-16-9-10-19-18(12-16)20(26(3)4)25-22(24-19)27-14-17(13-23-27)21(28)29/h5-10,12-14H,2,11H2,1,3-4H3,(H,28,29)/b6-5-,8-7-. The minimum Gasteiger partial charge on any atom is -0.478 e. The number of carboxylic acid groups (broad SMARTS) is 1. The maximum atomic E-state index is 11.1. The van der Waals surface area contributed by atoms with Crippen LogP contribution in [-0.2, 0) is 6.42 Å². The summed E-state index contributed by atoms with van der Waals surface area (Å²) in [7, 11) is 3.81. The molecule has 3 aromatic rings. The maximum Gasteiger partial charge on any atom is 0.338 e. The van der Waals surface area contributed by atoms with Gasteiger partial charge in [-0.1, -0.05) is 42.5 Å². The Labute approximate surface area is 169 Å². The van der Waals surface area contributed by atoms with E-state index in [0.717, 1.165) is 34.3 Å². The van der Waals surface area contributed by atoms with Gasteiger partial charge in [0.2, 0.25) is 0 Å². The van der Waals surface area contributed by atoms with Gasteiger partial charge in [-0.05, 0) is 31.0 Å².